The molecule has 1 aliphatic heterocycles. The molecular formula is C15H22N2O5S. The van der Waals surface area contributed by atoms with Crippen molar-refractivity contribution in [3.63, 3.8) is 0 Å². The minimum Gasteiger partial charge on any atom is -0.468 e. The number of carbonyl (C=O) groups excluding carboxylic acids is 1. The number of anilines is 1. The van der Waals surface area contributed by atoms with E-state index < -0.39 is 16.0 Å². The van der Waals surface area contributed by atoms with E-state index in [4.69, 9.17) is 4.74 Å². The summed E-state index contributed by atoms with van der Waals surface area (Å²) in [5.74, 6) is -0.391. The Balaban J connectivity index is 2.09. The summed E-state index contributed by atoms with van der Waals surface area (Å²) in [5.41, 5.74) is 0.651. The fraction of sp³-hybridized carbons (Fsp3) is 0.533. The molecule has 2 rings (SSSR count). The van der Waals surface area contributed by atoms with Crippen LogP contribution < -0.4 is 5.32 Å². The Morgan fingerprint density at radius 3 is 2.35 bits per heavy atom. The summed E-state index contributed by atoms with van der Waals surface area (Å²) in [4.78, 5) is 11.3. The van der Waals surface area contributed by atoms with Crippen molar-refractivity contribution in [3.8, 4) is 0 Å². The Kier molecular flexibility index (Phi) is 5.61. The Morgan fingerprint density at radius 2 is 1.83 bits per heavy atom. The van der Waals surface area contributed by atoms with Crippen molar-refractivity contribution in [1.29, 1.82) is 0 Å². The number of sulfonamides is 1. The predicted molar refractivity (Wildman–Crippen MR) is 85.7 cm³/mol. The second kappa shape index (κ2) is 7.29. The Labute approximate surface area is 136 Å². The Bertz CT molecular complexity index is 634. The average Bonchev–Trinajstić information content (AvgIpc) is 2.52. The first kappa shape index (κ1) is 17.7. The molecule has 0 aromatic heterocycles. The van der Waals surface area contributed by atoms with E-state index >= 15 is 0 Å². The maximum Gasteiger partial charge on any atom is 0.325 e. The number of hydrogen-bond donors (Lipinski definition) is 1. The molecule has 1 saturated heterocycles. The fourth-order valence-corrected chi connectivity index (χ4v) is 4.06. The number of rotatable bonds is 5. The number of hydrogen-bond acceptors (Lipinski definition) is 6. The van der Waals surface area contributed by atoms with Crippen LogP contribution in [0.2, 0.25) is 0 Å². The molecule has 0 saturated carbocycles. The number of morpholine rings is 1. The summed E-state index contributed by atoms with van der Waals surface area (Å²) in [7, 11) is -2.24. The maximum absolute atomic E-state index is 12.7. The molecule has 0 aliphatic carbocycles. The van der Waals surface area contributed by atoms with Gasteiger partial charge in [0.1, 0.15) is 6.54 Å². The van der Waals surface area contributed by atoms with Gasteiger partial charge in [0.2, 0.25) is 10.0 Å². The zero-order valence-electron chi connectivity index (χ0n) is 13.5. The molecule has 2 atom stereocenters. The highest BCUT2D eigenvalue weighted by Gasteiger charge is 2.32. The van der Waals surface area contributed by atoms with E-state index in [1.54, 1.807) is 12.1 Å². The third kappa shape index (κ3) is 4.43. The summed E-state index contributed by atoms with van der Waals surface area (Å²) in [6, 6.07) is 6.31. The van der Waals surface area contributed by atoms with Crippen molar-refractivity contribution in [1.82, 2.24) is 4.31 Å². The number of benzene rings is 1. The average molecular weight is 342 g/mol. The van der Waals surface area contributed by atoms with Crippen molar-refractivity contribution in [2.75, 3.05) is 32.1 Å². The van der Waals surface area contributed by atoms with Crippen LogP contribution in [0.5, 0.6) is 0 Å². The minimum absolute atomic E-state index is 0.0289. The van der Waals surface area contributed by atoms with Gasteiger partial charge in [0, 0.05) is 18.8 Å². The zero-order valence-corrected chi connectivity index (χ0v) is 14.3. The molecule has 0 bridgehead atoms. The smallest absolute Gasteiger partial charge is 0.325 e. The summed E-state index contributed by atoms with van der Waals surface area (Å²) in [6.45, 7) is 4.43. The maximum atomic E-state index is 12.7. The first-order chi connectivity index (χ1) is 10.8. The molecule has 0 spiro atoms. The van der Waals surface area contributed by atoms with Crippen LogP contribution in [0.3, 0.4) is 0 Å². The molecule has 0 unspecified atom stereocenters. The van der Waals surface area contributed by atoms with Crippen molar-refractivity contribution in [3.05, 3.63) is 24.3 Å². The lowest BCUT2D eigenvalue weighted by atomic mass is 10.3. The van der Waals surface area contributed by atoms with Crippen molar-refractivity contribution < 1.29 is 22.7 Å². The van der Waals surface area contributed by atoms with E-state index in [9.17, 15) is 13.2 Å². The van der Waals surface area contributed by atoms with Crippen LogP contribution in [0.25, 0.3) is 0 Å². The van der Waals surface area contributed by atoms with Crippen molar-refractivity contribution >= 4 is 21.7 Å². The van der Waals surface area contributed by atoms with E-state index in [0.29, 0.717) is 18.8 Å². The summed E-state index contributed by atoms with van der Waals surface area (Å²) in [6.07, 6.45) is -0.260. The van der Waals surface area contributed by atoms with Crippen LogP contribution in [-0.4, -0.2) is 57.6 Å². The molecule has 8 heteroatoms. The van der Waals surface area contributed by atoms with Crippen LogP contribution in [0.1, 0.15) is 13.8 Å². The molecule has 1 aromatic rings. The highest BCUT2D eigenvalue weighted by molar-refractivity contribution is 7.89. The third-order valence-corrected chi connectivity index (χ3v) is 5.39. The molecule has 23 heavy (non-hydrogen) atoms. The van der Waals surface area contributed by atoms with Gasteiger partial charge in [-0.05, 0) is 38.1 Å². The van der Waals surface area contributed by atoms with Gasteiger partial charge in [-0.2, -0.15) is 4.31 Å². The SMILES string of the molecule is COC(=O)CNc1ccc(S(=O)(=O)N2C[C@@H](C)O[C@@H](C)C2)cc1. The van der Waals surface area contributed by atoms with Gasteiger partial charge in [0.25, 0.3) is 0 Å². The summed E-state index contributed by atoms with van der Waals surface area (Å²) >= 11 is 0. The lowest BCUT2D eigenvalue weighted by Gasteiger charge is -2.34. The first-order valence-corrected chi connectivity index (χ1v) is 8.83. The second-order valence-corrected chi connectivity index (χ2v) is 7.47. The van der Waals surface area contributed by atoms with Gasteiger partial charge in [-0.3, -0.25) is 4.79 Å². The molecule has 128 valence electrons. The largest absolute Gasteiger partial charge is 0.468 e. The van der Waals surface area contributed by atoms with E-state index in [-0.39, 0.29) is 23.6 Å². The highest BCUT2D eigenvalue weighted by atomic mass is 32.2. The normalized spacial score (nSPS) is 22.6. The van der Waals surface area contributed by atoms with Crippen LogP contribution in [-0.2, 0) is 24.3 Å². The number of methoxy groups -OCH3 is 1. The number of nitrogens with one attached hydrogen (secondary N) is 1. The zero-order chi connectivity index (χ0) is 17.0. The van der Waals surface area contributed by atoms with Crippen LogP contribution in [0.15, 0.2) is 29.2 Å². The topological polar surface area (TPSA) is 84.9 Å². The molecule has 1 fully saturated rings. The minimum atomic E-state index is -3.55. The number of esters is 1. The standard InChI is InChI=1S/C15H22N2O5S/c1-11-9-17(10-12(2)22-11)23(19,20)14-6-4-13(5-7-14)16-8-15(18)21-3/h4-7,11-12,16H,8-10H2,1-3H3/t11-,12+. The lowest BCUT2D eigenvalue weighted by Crippen LogP contribution is -2.48. The number of carbonyl (C=O) groups is 1. The Morgan fingerprint density at radius 1 is 1.26 bits per heavy atom. The van der Waals surface area contributed by atoms with Gasteiger partial charge in [-0.1, -0.05) is 0 Å². The van der Waals surface area contributed by atoms with E-state index in [1.807, 2.05) is 13.8 Å². The molecule has 1 heterocycles. The molecule has 7 nitrogen and oxygen atoms in total. The van der Waals surface area contributed by atoms with Gasteiger partial charge in [0.15, 0.2) is 0 Å². The molecule has 0 amide bonds. The quantitative estimate of drug-likeness (QED) is 0.806. The van der Waals surface area contributed by atoms with E-state index in [2.05, 4.69) is 10.1 Å². The molecule has 0 radical (unpaired) electrons. The third-order valence-electron chi connectivity index (χ3n) is 3.54. The van der Waals surface area contributed by atoms with E-state index in [0.717, 1.165) is 0 Å². The van der Waals surface area contributed by atoms with Crippen molar-refractivity contribution in [2.24, 2.45) is 0 Å². The van der Waals surface area contributed by atoms with Gasteiger partial charge in [0.05, 0.1) is 24.2 Å². The van der Waals surface area contributed by atoms with Crippen molar-refractivity contribution in [2.45, 2.75) is 31.0 Å². The number of ether oxygens (including phenoxy) is 2. The van der Waals surface area contributed by atoms with Crippen LogP contribution in [0.4, 0.5) is 5.69 Å². The monoisotopic (exact) mass is 342 g/mol. The van der Waals surface area contributed by atoms with Crippen LogP contribution >= 0.6 is 0 Å². The first-order valence-electron chi connectivity index (χ1n) is 7.39. The fourth-order valence-electron chi connectivity index (χ4n) is 2.47. The summed E-state index contributed by atoms with van der Waals surface area (Å²) < 4.78 is 36.9. The number of nitrogens with zero attached hydrogens (tertiary/aromatic N) is 1. The molecule has 1 aromatic carbocycles. The van der Waals surface area contributed by atoms with Gasteiger partial charge < -0.3 is 14.8 Å². The van der Waals surface area contributed by atoms with Gasteiger partial charge >= 0.3 is 5.97 Å². The van der Waals surface area contributed by atoms with Crippen LogP contribution in [0, 0.1) is 0 Å². The molecule has 1 N–H and O–H groups in total. The van der Waals surface area contributed by atoms with Gasteiger partial charge in [-0.25, -0.2) is 8.42 Å². The van der Waals surface area contributed by atoms with Gasteiger partial charge in [-0.15, -0.1) is 0 Å². The highest BCUT2D eigenvalue weighted by Crippen LogP contribution is 2.22. The van der Waals surface area contributed by atoms with E-state index in [1.165, 1.54) is 23.5 Å². The summed E-state index contributed by atoms with van der Waals surface area (Å²) in [5, 5.41) is 2.86. The lowest BCUT2D eigenvalue weighted by molar-refractivity contribution is -0.138. The second-order valence-electron chi connectivity index (χ2n) is 5.53. The molecular weight excluding hydrogens is 320 g/mol. The Hall–Kier alpha value is -1.64. The molecule has 1 aliphatic rings. The predicted octanol–water partition coefficient (Wildman–Crippen LogP) is 1.07.